The summed E-state index contributed by atoms with van der Waals surface area (Å²) in [7, 11) is -2.99. The summed E-state index contributed by atoms with van der Waals surface area (Å²) in [6.07, 6.45) is 2.80. The Kier molecular flexibility index (Phi) is 7.41. The topological polar surface area (TPSA) is 112 Å². The molecule has 0 saturated carbocycles. The second kappa shape index (κ2) is 10.5. The first-order valence-electron chi connectivity index (χ1n) is 13.6. The average Bonchev–Trinajstić information content (AvgIpc) is 2.87. The predicted molar refractivity (Wildman–Crippen MR) is 154 cm³/mol. The van der Waals surface area contributed by atoms with E-state index in [4.69, 9.17) is 0 Å². The minimum Gasteiger partial charge on any atom is -0.390 e. The van der Waals surface area contributed by atoms with Crippen LogP contribution in [-0.2, 0) is 9.84 Å². The molecule has 39 heavy (non-hydrogen) atoms. The van der Waals surface area contributed by atoms with Crippen molar-refractivity contribution < 1.29 is 17.9 Å². The van der Waals surface area contributed by atoms with E-state index in [1.165, 1.54) is 12.5 Å². The van der Waals surface area contributed by atoms with Crippen LogP contribution < -0.4 is 15.1 Å². The van der Waals surface area contributed by atoms with Gasteiger partial charge in [0.05, 0.1) is 18.4 Å². The summed E-state index contributed by atoms with van der Waals surface area (Å²) in [4.78, 5) is 17.6. The van der Waals surface area contributed by atoms with Crippen molar-refractivity contribution in [2.75, 3.05) is 52.8 Å². The Bertz CT molecular complexity index is 1460. The Morgan fingerprint density at radius 3 is 2.62 bits per heavy atom. The molecular formula is C28H37FN6O3S. The van der Waals surface area contributed by atoms with Crippen LogP contribution in [0.1, 0.15) is 45.6 Å². The molecule has 210 valence electrons. The number of nitrogens with zero attached hydrogens (tertiary/aromatic N) is 5. The molecule has 2 saturated heterocycles. The van der Waals surface area contributed by atoms with Gasteiger partial charge in [-0.1, -0.05) is 26.8 Å². The van der Waals surface area contributed by atoms with Crippen molar-refractivity contribution in [3.8, 4) is 0 Å². The number of fused-ring (bicyclic) bond motifs is 1. The number of rotatable bonds is 8. The number of nitrogens with one attached hydrogen (secondary N) is 1. The first-order chi connectivity index (χ1) is 18.5. The van der Waals surface area contributed by atoms with E-state index in [2.05, 4.69) is 51.1 Å². The third-order valence-electron chi connectivity index (χ3n) is 7.81. The van der Waals surface area contributed by atoms with Crippen LogP contribution in [-0.4, -0.2) is 77.9 Å². The average molecular weight is 557 g/mol. The van der Waals surface area contributed by atoms with E-state index in [1.54, 1.807) is 24.1 Å². The van der Waals surface area contributed by atoms with Gasteiger partial charge in [0.2, 0.25) is 5.95 Å². The van der Waals surface area contributed by atoms with Crippen molar-refractivity contribution in [1.82, 2.24) is 15.0 Å². The van der Waals surface area contributed by atoms with Crippen molar-refractivity contribution in [3.05, 3.63) is 42.2 Å². The van der Waals surface area contributed by atoms with Crippen LogP contribution in [0.4, 0.5) is 27.7 Å². The molecule has 0 radical (unpaired) electrons. The van der Waals surface area contributed by atoms with Crippen molar-refractivity contribution >= 4 is 43.9 Å². The predicted octanol–water partition coefficient (Wildman–Crippen LogP) is 4.06. The summed E-state index contributed by atoms with van der Waals surface area (Å²) in [6, 6.07) is 8.02. The van der Waals surface area contributed by atoms with Crippen molar-refractivity contribution in [1.29, 1.82) is 0 Å². The Morgan fingerprint density at radius 2 is 1.92 bits per heavy atom. The molecule has 1 aromatic carbocycles. The lowest BCUT2D eigenvalue weighted by molar-refractivity contribution is -0.00860. The number of aromatic nitrogens is 3. The smallest absolute Gasteiger partial charge is 0.227 e. The summed E-state index contributed by atoms with van der Waals surface area (Å²) in [5.74, 6) is 2.44. The highest BCUT2D eigenvalue weighted by Gasteiger charge is 2.39. The first kappa shape index (κ1) is 27.5. The molecule has 9 nitrogen and oxygen atoms in total. The van der Waals surface area contributed by atoms with Crippen molar-refractivity contribution in [2.24, 2.45) is 5.92 Å². The number of benzene rings is 1. The molecule has 2 atom stereocenters. The van der Waals surface area contributed by atoms with Gasteiger partial charge in [-0.05, 0) is 48.4 Å². The third-order valence-corrected chi connectivity index (χ3v) is 9.67. The normalized spacial score (nSPS) is 22.4. The largest absolute Gasteiger partial charge is 0.390 e. The van der Waals surface area contributed by atoms with E-state index in [9.17, 15) is 17.9 Å². The van der Waals surface area contributed by atoms with Gasteiger partial charge in [-0.15, -0.1) is 0 Å². The zero-order chi connectivity index (χ0) is 27.9. The molecule has 0 amide bonds. The maximum Gasteiger partial charge on any atom is 0.227 e. The van der Waals surface area contributed by atoms with Crippen LogP contribution in [0.25, 0.3) is 10.8 Å². The van der Waals surface area contributed by atoms with Gasteiger partial charge in [0.1, 0.15) is 21.5 Å². The zero-order valence-corrected chi connectivity index (χ0v) is 23.7. The maximum atomic E-state index is 14.7. The number of anilines is 4. The molecule has 2 aliphatic heterocycles. The van der Waals surface area contributed by atoms with Gasteiger partial charge in [-0.3, -0.25) is 0 Å². The minimum absolute atomic E-state index is 0.0219. The molecule has 0 spiro atoms. The van der Waals surface area contributed by atoms with Gasteiger partial charge in [0, 0.05) is 54.8 Å². The zero-order valence-electron chi connectivity index (χ0n) is 22.9. The molecule has 2 fully saturated rings. The van der Waals surface area contributed by atoms with Gasteiger partial charge in [-0.2, -0.15) is 4.98 Å². The number of pyridine rings is 1. The fraction of sp³-hybridized carbons (Fsp3) is 0.536. The molecule has 11 heteroatoms. The maximum absolute atomic E-state index is 14.7. The monoisotopic (exact) mass is 556 g/mol. The van der Waals surface area contributed by atoms with Gasteiger partial charge < -0.3 is 20.2 Å². The molecule has 0 unspecified atom stereocenters. The number of piperidine rings is 1. The molecule has 0 aliphatic carbocycles. The quantitative estimate of drug-likeness (QED) is 0.424. The molecule has 3 aromatic rings. The van der Waals surface area contributed by atoms with E-state index < -0.39 is 21.6 Å². The Hall–Kier alpha value is -3.05. The van der Waals surface area contributed by atoms with Crippen LogP contribution in [0, 0.1) is 5.92 Å². The number of aliphatic hydroxyl groups is 1. The Labute approximate surface area is 229 Å². The lowest BCUT2D eigenvalue weighted by Gasteiger charge is -2.41. The SMILES string of the molecule is CCS(=O)(=O)CC1CN(c2ccc(C(C)C)c3cc(Nc4ccnc(N5CC[C@@H](O)[C@](C)(F)C5)n4)ncc23)C1. The van der Waals surface area contributed by atoms with Crippen LogP contribution in [0.15, 0.2) is 36.7 Å². The van der Waals surface area contributed by atoms with Crippen LogP contribution >= 0.6 is 0 Å². The lowest BCUT2D eigenvalue weighted by Crippen LogP contribution is -2.52. The standard InChI is InChI=1S/C28H37FN6O3S/c1-5-39(37,38)16-19-14-35(15-19)23-7-6-20(18(2)3)21-12-26(31-13-22(21)23)32-25-8-10-30-27(33-25)34-11-9-24(36)28(4,29)17-34/h6-8,10,12-13,18-19,24,36H,5,9,11,14-17H2,1-4H3,(H,30,31,32,33)/t24-,28-/m1/s1. The van der Waals surface area contributed by atoms with Gasteiger partial charge in [0.25, 0.3) is 0 Å². The summed E-state index contributed by atoms with van der Waals surface area (Å²) >= 11 is 0. The molecule has 5 rings (SSSR count). The van der Waals surface area contributed by atoms with Crippen molar-refractivity contribution in [3.63, 3.8) is 0 Å². The summed E-state index contributed by atoms with van der Waals surface area (Å²) in [6.45, 7) is 9.33. The Morgan fingerprint density at radius 1 is 1.15 bits per heavy atom. The molecule has 0 bridgehead atoms. The number of hydrogen-bond donors (Lipinski definition) is 2. The highest BCUT2D eigenvalue weighted by atomic mass is 32.2. The molecular weight excluding hydrogens is 519 g/mol. The third kappa shape index (κ3) is 5.79. The van der Waals surface area contributed by atoms with Gasteiger partial charge >= 0.3 is 0 Å². The van der Waals surface area contributed by atoms with E-state index in [-0.39, 0.29) is 24.0 Å². The number of halogens is 1. The lowest BCUT2D eigenvalue weighted by atomic mass is 9.93. The van der Waals surface area contributed by atoms with Crippen LogP contribution in [0.5, 0.6) is 0 Å². The number of aliphatic hydroxyl groups excluding tert-OH is 1. The molecule has 2 aromatic heterocycles. The second-order valence-corrected chi connectivity index (χ2v) is 13.7. The summed E-state index contributed by atoms with van der Waals surface area (Å²) in [5, 5.41) is 15.3. The van der Waals surface area contributed by atoms with Crippen LogP contribution in [0.2, 0.25) is 0 Å². The highest BCUT2D eigenvalue weighted by molar-refractivity contribution is 7.91. The van der Waals surface area contributed by atoms with E-state index >= 15 is 0 Å². The number of sulfone groups is 1. The number of alkyl halides is 1. The fourth-order valence-corrected chi connectivity index (χ4v) is 6.62. The number of hydrogen-bond acceptors (Lipinski definition) is 9. The van der Waals surface area contributed by atoms with Crippen LogP contribution in [0.3, 0.4) is 0 Å². The second-order valence-electron chi connectivity index (χ2n) is 11.3. The van der Waals surface area contributed by atoms with E-state index in [1.807, 2.05) is 12.3 Å². The molecule has 2 N–H and O–H groups in total. The highest BCUT2D eigenvalue weighted by Crippen LogP contribution is 2.37. The van der Waals surface area contributed by atoms with E-state index in [0.29, 0.717) is 49.6 Å². The van der Waals surface area contributed by atoms with Gasteiger partial charge in [-0.25, -0.2) is 22.8 Å². The summed E-state index contributed by atoms with van der Waals surface area (Å²) in [5.41, 5.74) is 0.531. The van der Waals surface area contributed by atoms with E-state index in [0.717, 1.165) is 16.5 Å². The summed E-state index contributed by atoms with van der Waals surface area (Å²) < 4.78 is 38.8. The molecule has 4 heterocycles. The Balaban J connectivity index is 1.38. The first-order valence-corrected chi connectivity index (χ1v) is 15.4. The fourth-order valence-electron chi connectivity index (χ4n) is 5.45. The minimum atomic E-state index is -2.99. The molecule has 2 aliphatic rings. The van der Waals surface area contributed by atoms with Crippen molar-refractivity contribution in [2.45, 2.75) is 51.8 Å². The van der Waals surface area contributed by atoms with Gasteiger partial charge in [0.15, 0.2) is 5.67 Å².